The van der Waals surface area contributed by atoms with Crippen LogP contribution in [0.3, 0.4) is 0 Å². The van der Waals surface area contributed by atoms with Crippen LogP contribution in [0.15, 0.2) is 78.3 Å². The first-order valence-electron chi connectivity index (χ1n) is 10.9. The van der Waals surface area contributed by atoms with E-state index in [0.29, 0.717) is 18.0 Å². The monoisotopic (exact) mass is 470 g/mol. The Balaban J connectivity index is 1.38. The van der Waals surface area contributed by atoms with Gasteiger partial charge in [0, 0.05) is 23.7 Å². The predicted molar refractivity (Wildman–Crippen MR) is 132 cm³/mol. The highest BCUT2D eigenvalue weighted by atomic mass is 32.1. The molecule has 1 N–H and O–H groups in total. The molecule has 0 saturated carbocycles. The lowest BCUT2D eigenvalue weighted by molar-refractivity contribution is -0.128. The van der Waals surface area contributed by atoms with E-state index in [1.54, 1.807) is 13.1 Å². The van der Waals surface area contributed by atoms with Crippen molar-refractivity contribution in [3.05, 3.63) is 83.9 Å². The molecule has 3 heterocycles. The molecule has 2 amide bonds. The van der Waals surface area contributed by atoms with Gasteiger partial charge in [-0.1, -0.05) is 36.4 Å². The van der Waals surface area contributed by atoms with E-state index >= 15 is 0 Å². The van der Waals surface area contributed by atoms with Crippen LogP contribution in [-0.4, -0.2) is 34.4 Å². The van der Waals surface area contributed by atoms with Crippen molar-refractivity contribution in [3.63, 3.8) is 0 Å². The maximum Gasteiger partial charge on any atom is 0.268 e. The quantitative estimate of drug-likeness (QED) is 0.454. The molecule has 1 aliphatic rings. The Morgan fingerprint density at radius 1 is 1.09 bits per heavy atom. The van der Waals surface area contributed by atoms with E-state index < -0.39 is 6.10 Å². The lowest BCUT2D eigenvalue weighted by atomic mass is 10.1. The molecule has 0 aliphatic carbocycles. The lowest BCUT2D eigenvalue weighted by Gasteiger charge is -2.32. The topological polar surface area (TPSA) is 84.4 Å². The SMILES string of the molecule is CC1Oc2ccc(-c3csc(-c4ccccn4)n3)cc2N(CC(=O)NCc2ccccc2)C1=O. The van der Waals surface area contributed by atoms with Crippen LogP contribution in [0.4, 0.5) is 5.69 Å². The van der Waals surface area contributed by atoms with Crippen LogP contribution in [-0.2, 0) is 16.1 Å². The van der Waals surface area contributed by atoms with Crippen molar-refractivity contribution in [2.45, 2.75) is 19.6 Å². The Labute approximate surface area is 201 Å². The first-order valence-corrected chi connectivity index (χ1v) is 11.8. The normalized spacial score (nSPS) is 14.9. The van der Waals surface area contributed by atoms with Crippen LogP contribution < -0.4 is 15.0 Å². The van der Waals surface area contributed by atoms with Crippen molar-refractivity contribution in [1.29, 1.82) is 0 Å². The minimum Gasteiger partial charge on any atom is -0.479 e. The van der Waals surface area contributed by atoms with Crippen molar-refractivity contribution in [1.82, 2.24) is 15.3 Å². The minimum absolute atomic E-state index is 0.0912. The van der Waals surface area contributed by atoms with Gasteiger partial charge < -0.3 is 10.1 Å². The largest absolute Gasteiger partial charge is 0.479 e. The third kappa shape index (κ3) is 4.53. The van der Waals surface area contributed by atoms with Crippen LogP contribution in [0.1, 0.15) is 12.5 Å². The number of pyridine rings is 1. The summed E-state index contributed by atoms with van der Waals surface area (Å²) in [5.74, 6) is 0.0626. The molecule has 0 fully saturated rings. The summed E-state index contributed by atoms with van der Waals surface area (Å²) in [5.41, 5.74) is 3.96. The Morgan fingerprint density at radius 3 is 2.71 bits per heavy atom. The molecule has 0 saturated heterocycles. The molecule has 4 aromatic rings. The summed E-state index contributed by atoms with van der Waals surface area (Å²) in [7, 11) is 0. The van der Waals surface area contributed by atoms with Crippen LogP contribution >= 0.6 is 11.3 Å². The van der Waals surface area contributed by atoms with Crippen molar-refractivity contribution in [2.75, 3.05) is 11.4 Å². The van der Waals surface area contributed by atoms with Gasteiger partial charge in [-0.15, -0.1) is 11.3 Å². The number of fused-ring (bicyclic) bond motifs is 1. The Hall–Kier alpha value is -4.04. The maximum atomic E-state index is 12.9. The van der Waals surface area contributed by atoms with E-state index in [1.165, 1.54) is 16.2 Å². The van der Waals surface area contributed by atoms with Crippen molar-refractivity contribution < 1.29 is 14.3 Å². The highest BCUT2D eigenvalue weighted by Crippen LogP contribution is 2.38. The summed E-state index contributed by atoms with van der Waals surface area (Å²) in [5, 5.41) is 5.66. The Morgan fingerprint density at radius 2 is 1.91 bits per heavy atom. The van der Waals surface area contributed by atoms with Gasteiger partial charge in [-0.05, 0) is 42.8 Å². The fourth-order valence-electron chi connectivity index (χ4n) is 3.74. The van der Waals surface area contributed by atoms with E-state index in [-0.39, 0.29) is 18.4 Å². The predicted octanol–water partition coefficient (Wildman–Crippen LogP) is 4.30. The van der Waals surface area contributed by atoms with Crippen molar-refractivity contribution >= 4 is 28.8 Å². The second kappa shape index (κ2) is 9.44. The zero-order chi connectivity index (χ0) is 23.5. The fourth-order valence-corrected chi connectivity index (χ4v) is 4.54. The summed E-state index contributed by atoms with van der Waals surface area (Å²) >= 11 is 1.50. The summed E-state index contributed by atoms with van der Waals surface area (Å²) in [6.07, 6.45) is 1.07. The molecule has 170 valence electrons. The second-order valence-corrected chi connectivity index (χ2v) is 8.74. The van der Waals surface area contributed by atoms with E-state index in [1.807, 2.05) is 72.1 Å². The number of hydrogen-bond acceptors (Lipinski definition) is 6. The number of benzene rings is 2. The summed E-state index contributed by atoms with van der Waals surface area (Å²) in [6, 6.07) is 20.9. The van der Waals surface area contributed by atoms with Gasteiger partial charge in [0.1, 0.15) is 17.3 Å². The molecule has 0 bridgehead atoms. The number of carbonyl (C=O) groups excluding carboxylic acids is 2. The van der Waals surface area contributed by atoms with Gasteiger partial charge in [-0.25, -0.2) is 4.98 Å². The molecule has 8 heteroatoms. The minimum atomic E-state index is -0.671. The Kier molecular flexibility index (Phi) is 6.05. The molecule has 1 aliphatic heterocycles. The van der Waals surface area contributed by atoms with Gasteiger partial charge in [0.05, 0.1) is 17.1 Å². The van der Waals surface area contributed by atoms with Gasteiger partial charge in [0.25, 0.3) is 5.91 Å². The first kappa shape index (κ1) is 21.8. The second-order valence-electron chi connectivity index (χ2n) is 7.88. The Bertz CT molecular complexity index is 1320. The van der Waals surface area contributed by atoms with Crippen LogP contribution in [0.2, 0.25) is 0 Å². The third-order valence-corrected chi connectivity index (χ3v) is 6.35. The van der Waals surface area contributed by atoms with Crippen molar-refractivity contribution in [3.8, 4) is 27.7 Å². The molecule has 5 rings (SSSR count). The fraction of sp³-hybridized carbons (Fsp3) is 0.154. The summed E-state index contributed by atoms with van der Waals surface area (Å²) in [6.45, 7) is 2.00. The number of amides is 2. The molecular weight excluding hydrogens is 448 g/mol. The molecule has 34 heavy (non-hydrogen) atoms. The number of anilines is 1. The molecule has 1 atom stereocenters. The number of nitrogens with zero attached hydrogens (tertiary/aromatic N) is 3. The molecular formula is C26H22N4O3S. The van der Waals surface area contributed by atoms with Gasteiger partial charge in [-0.3, -0.25) is 19.5 Å². The zero-order valence-electron chi connectivity index (χ0n) is 18.5. The number of rotatable bonds is 6. The maximum absolute atomic E-state index is 12.9. The number of ether oxygens (including phenoxy) is 1. The van der Waals surface area contributed by atoms with Crippen molar-refractivity contribution in [2.24, 2.45) is 0 Å². The molecule has 7 nitrogen and oxygen atoms in total. The van der Waals surface area contributed by atoms with Crippen LogP contribution in [0.25, 0.3) is 22.0 Å². The third-order valence-electron chi connectivity index (χ3n) is 5.49. The van der Waals surface area contributed by atoms with E-state index in [2.05, 4.69) is 10.3 Å². The molecule has 0 radical (unpaired) electrons. The van der Waals surface area contributed by atoms with Crippen LogP contribution in [0, 0.1) is 0 Å². The number of thiazole rings is 1. The number of nitrogens with one attached hydrogen (secondary N) is 1. The lowest BCUT2D eigenvalue weighted by Crippen LogP contribution is -2.48. The van der Waals surface area contributed by atoms with E-state index in [4.69, 9.17) is 9.72 Å². The standard InChI is InChI=1S/C26H22N4O3S/c1-17-26(32)30(15-24(31)28-14-18-7-3-2-4-8-18)22-13-19(10-11-23(22)33-17)21-16-34-25(29-21)20-9-5-6-12-27-20/h2-13,16-17H,14-15H2,1H3,(H,28,31). The molecule has 1 unspecified atom stereocenters. The van der Waals surface area contributed by atoms with E-state index in [9.17, 15) is 9.59 Å². The summed E-state index contributed by atoms with van der Waals surface area (Å²) in [4.78, 5) is 36.2. The number of aromatic nitrogens is 2. The van der Waals surface area contributed by atoms with Gasteiger partial charge >= 0.3 is 0 Å². The average Bonchev–Trinajstić information content (AvgIpc) is 3.37. The van der Waals surface area contributed by atoms with E-state index in [0.717, 1.165) is 27.5 Å². The molecule has 0 spiro atoms. The highest BCUT2D eigenvalue weighted by molar-refractivity contribution is 7.13. The van der Waals surface area contributed by atoms with Crippen LogP contribution in [0.5, 0.6) is 5.75 Å². The number of carbonyl (C=O) groups is 2. The zero-order valence-corrected chi connectivity index (χ0v) is 19.3. The van der Waals surface area contributed by atoms with Gasteiger partial charge in [-0.2, -0.15) is 0 Å². The average molecular weight is 471 g/mol. The highest BCUT2D eigenvalue weighted by Gasteiger charge is 2.33. The first-order chi connectivity index (χ1) is 16.6. The smallest absolute Gasteiger partial charge is 0.268 e. The molecule has 2 aromatic carbocycles. The molecule has 2 aromatic heterocycles. The van der Waals surface area contributed by atoms with Gasteiger partial charge in [0.2, 0.25) is 5.91 Å². The number of hydrogen-bond donors (Lipinski definition) is 1. The van der Waals surface area contributed by atoms with Gasteiger partial charge in [0.15, 0.2) is 6.10 Å². The summed E-state index contributed by atoms with van der Waals surface area (Å²) < 4.78 is 5.80.